The van der Waals surface area contributed by atoms with E-state index in [1.54, 1.807) is 0 Å². The van der Waals surface area contributed by atoms with Crippen molar-refractivity contribution in [1.82, 2.24) is 0 Å². The minimum atomic E-state index is -4.03. The number of benzene rings is 2. The van der Waals surface area contributed by atoms with Gasteiger partial charge in [-0.15, -0.1) is 0 Å². The summed E-state index contributed by atoms with van der Waals surface area (Å²) in [6.07, 6.45) is 46.4. The smallest absolute Gasteiger partial charge is 0.0654 e. The summed E-state index contributed by atoms with van der Waals surface area (Å²) in [4.78, 5) is 0.533. The standard InChI is InChI=1S/C54H99O3PS/c1-7-13-18-20-22-24-26-28-30-32-34-36-38-42-50-49-51-43-40-41-45-53(51)54(52(50)44-39-37-35-33-31-29-27-25-23-21-19-14-8-2)59(55,56)57-58(12-6,46-15-9-3,47-16-10-4)48-17-11-5/h40-41,43,45,49H,7-39,42,44,46-48H2,1-6H3. The molecule has 0 aliphatic rings. The summed E-state index contributed by atoms with van der Waals surface area (Å²) in [5.74, 6) is 0. The van der Waals surface area contributed by atoms with Crippen LogP contribution < -0.4 is 0 Å². The van der Waals surface area contributed by atoms with E-state index in [9.17, 15) is 0 Å². The van der Waals surface area contributed by atoms with Crippen molar-refractivity contribution in [3.8, 4) is 0 Å². The van der Waals surface area contributed by atoms with Crippen LogP contribution in [0.2, 0.25) is 0 Å². The van der Waals surface area contributed by atoms with Gasteiger partial charge in [-0.1, -0.05) is 97.3 Å². The van der Waals surface area contributed by atoms with E-state index in [0.29, 0.717) is 4.90 Å². The Kier molecular flexibility index (Phi) is 30.0. The van der Waals surface area contributed by atoms with Crippen LogP contribution in [0.15, 0.2) is 35.2 Å². The van der Waals surface area contributed by atoms with Crippen molar-refractivity contribution in [2.24, 2.45) is 0 Å². The van der Waals surface area contributed by atoms with Gasteiger partial charge in [-0.25, -0.2) is 0 Å². The number of unbranched alkanes of at least 4 members (excludes halogenated alkanes) is 27. The molecule has 344 valence electrons. The van der Waals surface area contributed by atoms with E-state index in [1.165, 1.54) is 160 Å². The topological polar surface area (TPSA) is 43.4 Å². The predicted octanol–water partition coefficient (Wildman–Crippen LogP) is 18.7. The average Bonchev–Trinajstić information content (AvgIpc) is 3.24. The van der Waals surface area contributed by atoms with Crippen LogP contribution in [-0.4, -0.2) is 33.1 Å². The predicted molar refractivity (Wildman–Crippen MR) is 268 cm³/mol. The minimum Gasteiger partial charge on any atom is -0.0654 e. The normalized spacial score (nSPS) is 13.0. The Morgan fingerprint density at radius 1 is 0.441 bits per heavy atom. The van der Waals surface area contributed by atoms with Crippen LogP contribution in [0.4, 0.5) is 0 Å². The first-order chi connectivity index (χ1) is 28.7. The molecule has 0 radical (unpaired) electrons. The Balaban J connectivity index is 2.30. The third-order valence-electron chi connectivity index (χ3n) is 13.9. The van der Waals surface area contributed by atoms with E-state index >= 15 is 8.42 Å². The van der Waals surface area contributed by atoms with E-state index < -0.39 is 16.9 Å². The third kappa shape index (κ3) is 20.8. The molecule has 0 bridgehead atoms. The Bertz CT molecular complexity index is 1410. The molecule has 0 saturated heterocycles. The molecular weight excluding hydrogens is 760 g/mol. The zero-order valence-electron chi connectivity index (χ0n) is 40.3. The molecule has 2 aromatic rings. The van der Waals surface area contributed by atoms with Crippen molar-refractivity contribution in [3.05, 3.63) is 41.5 Å². The van der Waals surface area contributed by atoms with Crippen LogP contribution in [-0.2, 0) is 26.9 Å². The molecule has 59 heavy (non-hydrogen) atoms. The van der Waals surface area contributed by atoms with Gasteiger partial charge in [0.25, 0.3) is 0 Å². The molecule has 5 heteroatoms. The second-order valence-corrected chi connectivity index (χ2v) is 26.6. The molecule has 0 unspecified atom stereocenters. The van der Waals surface area contributed by atoms with Crippen LogP contribution in [0.25, 0.3) is 10.8 Å². The fraction of sp³-hybridized carbons (Fsp3) is 0.815. The molecule has 2 rings (SSSR count). The van der Waals surface area contributed by atoms with Gasteiger partial charge in [0.05, 0.1) is 0 Å². The van der Waals surface area contributed by atoms with E-state index in [-0.39, 0.29) is 0 Å². The van der Waals surface area contributed by atoms with Gasteiger partial charge in [0, 0.05) is 0 Å². The second-order valence-electron chi connectivity index (χ2n) is 19.0. The molecular formula is C54H99O3PS. The number of hydrogen-bond donors (Lipinski definition) is 0. The molecule has 0 spiro atoms. The van der Waals surface area contributed by atoms with Crippen LogP contribution in [0, 0.1) is 0 Å². The summed E-state index contributed by atoms with van der Waals surface area (Å²) in [7, 11) is -4.03. The molecule has 0 N–H and O–H groups in total. The number of fused-ring (bicyclic) bond motifs is 1. The number of aryl methyl sites for hydroxylation is 1. The number of hydrogen-bond acceptors (Lipinski definition) is 3. The summed E-state index contributed by atoms with van der Waals surface area (Å²) in [6.45, 7) is 10.5. The quantitative estimate of drug-likeness (QED) is 0.0494. The molecule has 0 atom stereocenters. The van der Waals surface area contributed by atoms with Crippen LogP contribution in [0.5, 0.6) is 0 Å². The molecule has 0 saturated carbocycles. The summed E-state index contributed by atoms with van der Waals surface area (Å²) in [5, 5.41) is 1.93. The van der Waals surface area contributed by atoms with Crippen LogP contribution in [0.1, 0.15) is 258 Å². The van der Waals surface area contributed by atoms with E-state index in [4.69, 9.17) is 3.97 Å². The molecule has 0 amide bonds. The van der Waals surface area contributed by atoms with Gasteiger partial charge in [0.1, 0.15) is 0 Å². The molecule has 2 aromatic carbocycles. The summed E-state index contributed by atoms with van der Waals surface area (Å²) < 4.78 is 38.0. The zero-order chi connectivity index (χ0) is 42.9. The molecule has 3 nitrogen and oxygen atoms in total. The minimum absolute atomic E-state index is 0.533. The van der Waals surface area contributed by atoms with Crippen LogP contribution in [0.3, 0.4) is 0 Å². The Morgan fingerprint density at radius 2 is 0.797 bits per heavy atom. The van der Waals surface area contributed by atoms with Crippen molar-refractivity contribution in [1.29, 1.82) is 0 Å². The maximum absolute atomic E-state index is 15.4. The van der Waals surface area contributed by atoms with Crippen molar-refractivity contribution in [3.63, 3.8) is 0 Å². The van der Waals surface area contributed by atoms with Gasteiger partial charge < -0.3 is 0 Å². The maximum atomic E-state index is 15.4. The third-order valence-corrected chi connectivity index (χ3v) is 23.2. The van der Waals surface area contributed by atoms with Crippen LogP contribution >= 0.6 is 6.83 Å². The van der Waals surface area contributed by atoms with Gasteiger partial charge in [0.15, 0.2) is 0 Å². The monoisotopic (exact) mass is 859 g/mol. The van der Waals surface area contributed by atoms with Gasteiger partial charge in [0.2, 0.25) is 0 Å². The average molecular weight is 859 g/mol. The fourth-order valence-electron chi connectivity index (χ4n) is 9.81. The Labute approximate surface area is 369 Å². The summed E-state index contributed by atoms with van der Waals surface area (Å²) in [6, 6.07) is 10.7. The van der Waals surface area contributed by atoms with Gasteiger partial charge in [-0.05, 0) is 0 Å². The van der Waals surface area contributed by atoms with Crippen molar-refractivity contribution >= 4 is 27.7 Å². The molecule has 0 heterocycles. The Hall–Kier alpha value is -0.960. The first kappa shape index (κ1) is 54.2. The second kappa shape index (κ2) is 32.7. The fourth-order valence-corrected chi connectivity index (χ4v) is 19.6. The van der Waals surface area contributed by atoms with E-state index in [0.717, 1.165) is 105 Å². The molecule has 0 aliphatic heterocycles. The van der Waals surface area contributed by atoms with Gasteiger partial charge in [-0.2, -0.15) is 0 Å². The summed E-state index contributed by atoms with van der Waals surface area (Å²) >= 11 is 0. The molecule has 0 fully saturated rings. The zero-order valence-corrected chi connectivity index (χ0v) is 42.0. The molecule has 0 aromatic heterocycles. The number of rotatable bonds is 41. The van der Waals surface area contributed by atoms with Crippen molar-refractivity contribution < 1.29 is 12.4 Å². The Morgan fingerprint density at radius 3 is 1.19 bits per heavy atom. The van der Waals surface area contributed by atoms with E-state index in [2.05, 4.69) is 65.8 Å². The summed E-state index contributed by atoms with van der Waals surface area (Å²) in [5.41, 5.74) is 2.35. The van der Waals surface area contributed by atoms with E-state index in [1.807, 2.05) is 6.07 Å². The SMILES string of the molecule is CCCCCCCCCCCCCCCc1cc2ccccc2c(S(=O)(=O)OP(CC)(CCCC)(CCCC)CCCC)c1CCCCCCCCCCCCCCC. The first-order valence-electron chi connectivity index (χ1n) is 26.3. The molecule has 0 aliphatic carbocycles. The first-order valence-corrected chi connectivity index (χ1v) is 30.6. The van der Waals surface area contributed by atoms with Crippen molar-refractivity contribution in [2.75, 3.05) is 24.6 Å². The van der Waals surface area contributed by atoms with Gasteiger partial charge in [-0.3, -0.25) is 0 Å². The van der Waals surface area contributed by atoms with Crippen molar-refractivity contribution in [2.45, 2.75) is 265 Å². The van der Waals surface area contributed by atoms with Gasteiger partial charge >= 0.3 is 274 Å².